The lowest BCUT2D eigenvalue weighted by Gasteiger charge is -2.23. The molecule has 21 heavy (non-hydrogen) atoms. The summed E-state index contributed by atoms with van der Waals surface area (Å²) >= 11 is 0. The van der Waals surface area contributed by atoms with Crippen molar-refractivity contribution in [2.75, 3.05) is 14.1 Å². The Bertz CT molecular complexity index is 235. The summed E-state index contributed by atoms with van der Waals surface area (Å²) in [7, 11) is 4.01. The highest BCUT2D eigenvalue weighted by atomic mass is 35.5. The molecular weight excluding hydrogens is 284 g/mol. The van der Waals surface area contributed by atoms with Gasteiger partial charge in [-0.15, -0.1) is 12.4 Å². The summed E-state index contributed by atoms with van der Waals surface area (Å²) in [4.78, 5) is 13.8. The topological polar surface area (TPSA) is 32.3 Å². The van der Waals surface area contributed by atoms with E-state index >= 15 is 0 Å². The van der Waals surface area contributed by atoms with Crippen molar-refractivity contribution < 1.29 is 4.79 Å². The standard InChI is InChI=1S/C17H36N2O.ClH/c1-5-7-8-9-10-11-12-13-14-15-17(20)18-16(6-2)19(3)4;/h16H,5-15H2,1-4H3,(H,18,20);1H. The van der Waals surface area contributed by atoms with Gasteiger partial charge in [0.2, 0.25) is 5.91 Å². The third-order valence-electron chi connectivity index (χ3n) is 3.85. The van der Waals surface area contributed by atoms with Gasteiger partial charge in [0.25, 0.3) is 0 Å². The highest BCUT2D eigenvalue weighted by Crippen LogP contribution is 2.10. The number of halogens is 1. The van der Waals surface area contributed by atoms with Crippen molar-refractivity contribution in [3.63, 3.8) is 0 Å². The second-order valence-corrected chi connectivity index (χ2v) is 6.03. The fourth-order valence-electron chi connectivity index (χ4n) is 2.45. The van der Waals surface area contributed by atoms with E-state index in [1.807, 2.05) is 14.1 Å². The van der Waals surface area contributed by atoms with Crippen molar-refractivity contribution in [2.45, 2.75) is 90.6 Å². The lowest BCUT2D eigenvalue weighted by Crippen LogP contribution is -2.44. The molecule has 0 heterocycles. The summed E-state index contributed by atoms with van der Waals surface area (Å²) in [5.74, 6) is 0.202. The van der Waals surface area contributed by atoms with Crippen LogP contribution in [0.25, 0.3) is 0 Å². The first kappa shape index (κ1) is 23.0. The molecule has 0 aromatic heterocycles. The number of nitrogens with zero attached hydrogens (tertiary/aromatic N) is 1. The molecule has 3 nitrogen and oxygen atoms in total. The molecule has 0 aromatic rings. The Balaban J connectivity index is 0. The minimum absolute atomic E-state index is 0. The van der Waals surface area contributed by atoms with Crippen LogP contribution in [0.15, 0.2) is 0 Å². The van der Waals surface area contributed by atoms with E-state index in [0.29, 0.717) is 6.42 Å². The normalized spacial score (nSPS) is 12.0. The summed E-state index contributed by atoms with van der Waals surface area (Å²) in [6.07, 6.45) is 13.5. The summed E-state index contributed by atoms with van der Waals surface area (Å²) in [5.41, 5.74) is 0. The summed E-state index contributed by atoms with van der Waals surface area (Å²) in [6.45, 7) is 4.36. The molecule has 0 saturated heterocycles. The third kappa shape index (κ3) is 14.4. The van der Waals surface area contributed by atoms with E-state index in [2.05, 4.69) is 24.1 Å². The summed E-state index contributed by atoms with van der Waals surface area (Å²) in [6, 6.07) is 0. The van der Waals surface area contributed by atoms with E-state index in [1.165, 1.54) is 51.4 Å². The largest absolute Gasteiger partial charge is 0.341 e. The first-order valence-corrected chi connectivity index (χ1v) is 8.57. The average Bonchev–Trinajstić information content (AvgIpc) is 2.42. The fourth-order valence-corrected chi connectivity index (χ4v) is 2.45. The molecule has 0 spiro atoms. The Hall–Kier alpha value is -0.280. The molecule has 4 heteroatoms. The minimum atomic E-state index is 0. The molecule has 128 valence electrons. The van der Waals surface area contributed by atoms with Crippen LogP contribution in [0.1, 0.15) is 84.5 Å². The van der Waals surface area contributed by atoms with Gasteiger partial charge in [-0.05, 0) is 26.9 Å². The van der Waals surface area contributed by atoms with Gasteiger partial charge < -0.3 is 5.32 Å². The minimum Gasteiger partial charge on any atom is -0.341 e. The predicted octanol–water partition coefficient (Wildman–Crippen LogP) is 4.74. The second kappa shape index (κ2) is 16.1. The van der Waals surface area contributed by atoms with Crippen LogP contribution in [0.4, 0.5) is 0 Å². The van der Waals surface area contributed by atoms with Crippen LogP contribution in [-0.4, -0.2) is 31.1 Å². The van der Waals surface area contributed by atoms with Crippen LogP contribution >= 0.6 is 12.4 Å². The molecule has 0 bridgehead atoms. The average molecular weight is 321 g/mol. The molecule has 0 aromatic carbocycles. The van der Waals surface area contributed by atoms with E-state index in [9.17, 15) is 4.79 Å². The molecule has 1 atom stereocenters. The monoisotopic (exact) mass is 320 g/mol. The number of rotatable bonds is 13. The highest BCUT2D eigenvalue weighted by molar-refractivity contribution is 5.85. The van der Waals surface area contributed by atoms with Gasteiger partial charge in [-0.2, -0.15) is 0 Å². The van der Waals surface area contributed by atoms with Gasteiger partial charge in [0, 0.05) is 6.42 Å². The van der Waals surface area contributed by atoms with Crippen molar-refractivity contribution in [3.8, 4) is 0 Å². The van der Waals surface area contributed by atoms with Gasteiger partial charge in [-0.3, -0.25) is 9.69 Å². The predicted molar refractivity (Wildman–Crippen MR) is 95.0 cm³/mol. The SMILES string of the molecule is CCCCCCCCCCCC(=O)NC(CC)N(C)C.Cl. The van der Waals surface area contributed by atoms with Gasteiger partial charge in [0.05, 0.1) is 6.17 Å². The van der Waals surface area contributed by atoms with Crippen molar-refractivity contribution in [1.29, 1.82) is 0 Å². The zero-order valence-corrected chi connectivity index (χ0v) is 15.4. The maximum Gasteiger partial charge on any atom is 0.221 e. The van der Waals surface area contributed by atoms with Crippen molar-refractivity contribution in [2.24, 2.45) is 0 Å². The Labute approximate surface area is 138 Å². The van der Waals surface area contributed by atoms with E-state index in [0.717, 1.165) is 12.8 Å². The number of unbranched alkanes of at least 4 members (excludes halogenated alkanes) is 8. The molecule has 1 N–H and O–H groups in total. The maximum atomic E-state index is 11.8. The quantitative estimate of drug-likeness (QED) is 0.392. The number of amides is 1. The van der Waals surface area contributed by atoms with Crippen LogP contribution in [0.2, 0.25) is 0 Å². The van der Waals surface area contributed by atoms with Crippen LogP contribution in [0.3, 0.4) is 0 Å². The molecule has 0 fully saturated rings. The smallest absolute Gasteiger partial charge is 0.221 e. The number of nitrogens with one attached hydrogen (secondary N) is 1. The van der Waals surface area contributed by atoms with E-state index in [1.54, 1.807) is 0 Å². The van der Waals surface area contributed by atoms with Crippen molar-refractivity contribution >= 4 is 18.3 Å². The second-order valence-electron chi connectivity index (χ2n) is 6.03. The summed E-state index contributed by atoms with van der Waals surface area (Å²) < 4.78 is 0. The van der Waals surface area contributed by atoms with Gasteiger partial charge in [0.1, 0.15) is 0 Å². The molecule has 1 amide bonds. The molecule has 0 aliphatic heterocycles. The lowest BCUT2D eigenvalue weighted by molar-refractivity contribution is -0.123. The highest BCUT2D eigenvalue weighted by Gasteiger charge is 2.11. The Morgan fingerprint density at radius 1 is 0.905 bits per heavy atom. The first-order valence-electron chi connectivity index (χ1n) is 8.57. The zero-order chi connectivity index (χ0) is 15.2. The van der Waals surface area contributed by atoms with Crippen LogP contribution in [-0.2, 0) is 4.79 Å². The van der Waals surface area contributed by atoms with Crippen LogP contribution in [0, 0.1) is 0 Å². The van der Waals surface area contributed by atoms with Crippen molar-refractivity contribution in [3.05, 3.63) is 0 Å². The fraction of sp³-hybridized carbons (Fsp3) is 0.941. The number of hydrogen-bond donors (Lipinski definition) is 1. The molecule has 0 aliphatic rings. The Morgan fingerprint density at radius 2 is 1.38 bits per heavy atom. The van der Waals surface area contributed by atoms with E-state index in [4.69, 9.17) is 0 Å². The molecule has 0 saturated carbocycles. The van der Waals surface area contributed by atoms with E-state index < -0.39 is 0 Å². The van der Waals surface area contributed by atoms with Gasteiger partial charge in [-0.25, -0.2) is 0 Å². The summed E-state index contributed by atoms with van der Waals surface area (Å²) in [5, 5.41) is 3.08. The number of hydrogen-bond acceptors (Lipinski definition) is 2. The number of carbonyl (C=O) groups is 1. The molecule has 0 radical (unpaired) electrons. The van der Waals surface area contributed by atoms with E-state index in [-0.39, 0.29) is 24.5 Å². The maximum absolute atomic E-state index is 11.8. The molecule has 0 rings (SSSR count). The van der Waals surface area contributed by atoms with Crippen LogP contribution in [0.5, 0.6) is 0 Å². The zero-order valence-electron chi connectivity index (χ0n) is 14.6. The molecular formula is C17H37ClN2O. The van der Waals surface area contributed by atoms with Gasteiger partial charge >= 0.3 is 0 Å². The van der Waals surface area contributed by atoms with Gasteiger partial charge in [0.15, 0.2) is 0 Å². The lowest BCUT2D eigenvalue weighted by atomic mass is 10.1. The molecule has 0 aliphatic carbocycles. The Morgan fingerprint density at radius 3 is 1.81 bits per heavy atom. The third-order valence-corrected chi connectivity index (χ3v) is 3.85. The van der Waals surface area contributed by atoms with Crippen molar-refractivity contribution in [1.82, 2.24) is 10.2 Å². The van der Waals surface area contributed by atoms with Gasteiger partial charge in [-0.1, -0.05) is 65.2 Å². The van der Waals surface area contributed by atoms with Crippen LogP contribution < -0.4 is 5.32 Å². The first-order chi connectivity index (χ1) is 9.61. The Kier molecular flexibility index (Phi) is 17.6. The molecule has 1 unspecified atom stereocenters. The number of carbonyl (C=O) groups excluding carboxylic acids is 1.